The first-order chi connectivity index (χ1) is 13.0. The van der Waals surface area contributed by atoms with Gasteiger partial charge in [0.1, 0.15) is 30.7 Å². The molecule has 1 amide bonds. The summed E-state index contributed by atoms with van der Waals surface area (Å²) in [4.78, 5) is 31.1. The van der Waals surface area contributed by atoms with Crippen molar-refractivity contribution in [3.8, 4) is 11.5 Å². The molecule has 2 aromatic heterocycles. The minimum atomic E-state index is -0.312. The number of hydrogen-bond acceptors (Lipinski definition) is 6. The van der Waals surface area contributed by atoms with Crippen molar-refractivity contribution in [2.45, 2.75) is 13.5 Å². The number of aryl methyl sites for hydroxylation is 2. The molecule has 3 heterocycles. The van der Waals surface area contributed by atoms with E-state index in [1.54, 1.807) is 21.0 Å². The van der Waals surface area contributed by atoms with E-state index >= 15 is 0 Å². The minimum Gasteiger partial charge on any atom is -0.486 e. The summed E-state index contributed by atoms with van der Waals surface area (Å²) in [7, 11) is 3.27. The molecule has 8 heteroatoms. The molecule has 0 aliphatic carbocycles. The normalized spacial score (nSPS) is 13.0. The summed E-state index contributed by atoms with van der Waals surface area (Å²) >= 11 is 0. The first-order valence-corrected chi connectivity index (χ1v) is 8.54. The van der Waals surface area contributed by atoms with Gasteiger partial charge < -0.3 is 23.4 Å². The number of nitrogens with zero attached hydrogens (tertiary/aromatic N) is 3. The highest BCUT2D eigenvalue weighted by Crippen LogP contribution is 2.31. The van der Waals surface area contributed by atoms with Gasteiger partial charge in [0.25, 0.3) is 11.5 Å². The fraction of sp³-hybridized carbons (Fsp3) is 0.316. The Kier molecular flexibility index (Phi) is 4.10. The molecule has 0 spiro atoms. The van der Waals surface area contributed by atoms with Gasteiger partial charge in [-0.15, -0.1) is 0 Å². The van der Waals surface area contributed by atoms with Crippen LogP contribution in [-0.2, 0) is 13.6 Å². The Labute approximate surface area is 154 Å². The number of carbonyl (C=O) groups is 1. The van der Waals surface area contributed by atoms with Crippen LogP contribution in [0.2, 0.25) is 0 Å². The van der Waals surface area contributed by atoms with Crippen molar-refractivity contribution in [1.82, 2.24) is 14.5 Å². The number of ether oxygens (including phenoxy) is 2. The summed E-state index contributed by atoms with van der Waals surface area (Å²) in [5.74, 6) is 1.44. The molecule has 8 nitrogen and oxygen atoms in total. The van der Waals surface area contributed by atoms with Crippen molar-refractivity contribution in [2.24, 2.45) is 7.05 Å². The van der Waals surface area contributed by atoms with E-state index in [-0.39, 0.29) is 28.1 Å². The molecule has 4 rings (SSSR count). The summed E-state index contributed by atoms with van der Waals surface area (Å²) in [5, 5.41) is 0.205. The van der Waals surface area contributed by atoms with E-state index in [1.165, 1.54) is 15.8 Å². The van der Waals surface area contributed by atoms with Crippen LogP contribution >= 0.6 is 0 Å². The van der Waals surface area contributed by atoms with Crippen LogP contribution in [0.4, 0.5) is 0 Å². The average molecular weight is 369 g/mol. The standard InChI is InChI=1S/C19H19N3O5/c1-11-15(16-17(27-11)20-10-22(3)19(16)24)18(23)21(2)9-12-4-5-13-14(8-12)26-7-6-25-13/h4-5,8,10H,6-7,9H2,1-3H3. The highest BCUT2D eigenvalue weighted by atomic mass is 16.6. The molecule has 0 N–H and O–H groups in total. The van der Waals surface area contributed by atoms with Gasteiger partial charge in [0.15, 0.2) is 11.5 Å². The van der Waals surface area contributed by atoms with Crippen molar-refractivity contribution in [2.75, 3.05) is 20.3 Å². The van der Waals surface area contributed by atoms with Gasteiger partial charge in [-0.05, 0) is 24.6 Å². The zero-order valence-electron chi connectivity index (χ0n) is 15.3. The van der Waals surface area contributed by atoms with E-state index < -0.39 is 0 Å². The van der Waals surface area contributed by atoms with Crippen LogP contribution in [0.15, 0.2) is 33.7 Å². The first-order valence-electron chi connectivity index (χ1n) is 8.54. The largest absolute Gasteiger partial charge is 0.486 e. The maximum absolute atomic E-state index is 13.0. The van der Waals surface area contributed by atoms with Crippen LogP contribution in [-0.4, -0.2) is 40.6 Å². The highest BCUT2D eigenvalue weighted by molar-refractivity contribution is 6.06. The second kappa shape index (κ2) is 6.46. The predicted molar refractivity (Wildman–Crippen MR) is 97.2 cm³/mol. The molecule has 0 fully saturated rings. The first kappa shape index (κ1) is 17.1. The zero-order chi connectivity index (χ0) is 19.1. The van der Waals surface area contributed by atoms with Gasteiger partial charge in [0.2, 0.25) is 5.71 Å². The van der Waals surface area contributed by atoms with E-state index in [4.69, 9.17) is 13.9 Å². The summed E-state index contributed by atoms with van der Waals surface area (Å²) in [6.45, 7) is 3.04. The quantitative estimate of drug-likeness (QED) is 0.701. The third kappa shape index (κ3) is 2.92. The van der Waals surface area contributed by atoms with E-state index in [9.17, 15) is 9.59 Å². The van der Waals surface area contributed by atoms with Crippen molar-refractivity contribution >= 4 is 17.0 Å². The number of rotatable bonds is 3. The third-order valence-corrected chi connectivity index (χ3v) is 4.53. The Bertz CT molecular complexity index is 1100. The van der Waals surface area contributed by atoms with Crippen molar-refractivity contribution < 1.29 is 18.7 Å². The second-order valence-corrected chi connectivity index (χ2v) is 6.51. The summed E-state index contributed by atoms with van der Waals surface area (Å²) in [5.41, 5.74) is 1.00. The lowest BCUT2D eigenvalue weighted by Gasteiger charge is -2.21. The maximum atomic E-state index is 13.0. The van der Waals surface area contributed by atoms with Gasteiger partial charge in [-0.2, -0.15) is 0 Å². The molecule has 1 aromatic carbocycles. The van der Waals surface area contributed by atoms with E-state index in [0.29, 0.717) is 37.0 Å². The molecule has 0 unspecified atom stereocenters. The van der Waals surface area contributed by atoms with E-state index in [1.807, 2.05) is 18.2 Å². The second-order valence-electron chi connectivity index (χ2n) is 6.51. The molecule has 0 saturated carbocycles. The number of carbonyl (C=O) groups excluding carboxylic acids is 1. The van der Waals surface area contributed by atoms with Crippen LogP contribution in [0.3, 0.4) is 0 Å². The van der Waals surface area contributed by atoms with Gasteiger partial charge in [0.05, 0.1) is 5.56 Å². The van der Waals surface area contributed by atoms with Crippen molar-refractivity contribution in [1.29, 1.82) is 0 Å². The fourth-order valence-electron chi connectivity index (χ4n) is 3.17. The van der Waals surface area contributed by atoms with Gasteiger partial charge >= 0.3 is 0 Å². The van der Waals surface area contributed by atoms with Crippen LogP contribution in [0, 0.1) is 6.92 Å². The lowest BCUT2D eigenvalue weighted by molar-refractivity contribution is 0.0784. The molecule has 3 aromatic rings. The Balaban J connectivity index is 1.65. The Hall–Kier alpha value is -3.29. The lowest BCUT2D eigenvalue weighted by atomic mass is 10.1. The number of amides is 1. The molecular weight excluding hydrogens is 350 g/mol. The molecule has 140 valence electrons. The molecule has 0 saturated heterocycles. The molecule has 1 aliphatic heterocycles. The Morgan fingerprint density at radius 1 is 1.26 bits per heavy atom. The van der Waals surface area contributed by atoms with Gasteiger partial charge in [-0.3, -0.25) is 9.59 Å². The number of benzene rings is 1. The van der Waals surface area contributed by atoms with E-state index in [0.717, 1.165) is 5.56 Å². The summed E-state index contributed by atoms with van der Waals surface area (Å²) < 4.78 is 18.0. The zero-order valence-corrected chi connectivity index (χ0v) is 15.3. The lowest BCUT2D eigenvalue weighted by Crippen LogP contribution is -2.28. The van der Waals surface area contributed by atoms with Crippen LogP contribution in [0.1, 0.15) is 21.7 Å². The summed E-state index contributed by atoms with van der Waals surface area (Å²) in [6, 6.07) is 5.58. The van der Waals surface area contributed by atoms with Gasteiger partial charge in [-0.1, -0.05) is 6.07 Å². The summed E-state index contributed by atoms with van der Waals surface area (Å²) in [6.07, 6.45) is 1.38. The van der Waals surface area contributed by atoms with Crippen molar-refractivity contribution in [3.63, 3.8) is 0 Å². The number of fused-ring (bicyclic) bond motifs is 2. The number of furan rings is 1. The van der Waals surface area contributed by atoms with Crippen LogP contribution < -0.4 is 15.0 Å². The average Bonchev–Trinajstić information content (AvgIpc) is 3.00. The number of aromatic nitrogens is 2. The van der Waals surface area contributed by atoms with Gasteiger partial charge in [-0.25, -0.2) is 4.98 Å². The topological polar surface area (TPSA) is 86.8 Å². The van der Waals surface area contributed by atoms with Crippen LogP contribution in [0.5, 0.6) is 11.5 Å². The molecule has 27 heavy (non-hydrogen) atoms. The SMILES string of the molecule is Cc1oc2ncn(C)c(=O)c2c1C(=O)N(C)Cc1ccc2c(c1)OCCO2. The molecule has 0 radical (unpaired) electrons. The third-order valence-electron chi connectivity index (χ3n) is 4.53. The highest BCUT2D eigenvalue weighted by Gasteiger charge is 2.25. The Morgan fingerprint density at radius 2 is 2.00 bits per heavy atom. The van der Waals surface area contributed by atoms with E-state index in [2.05, 4.69) is 4.98 Å². The molecule has 0 bridgehead atoms. The predicted octanol–water partition coefficient (Wildman–Crippen LogP) is 1.88. The molecule has 0 atom stereocenters. The molecule has 1 aliphatic rings. The van der Waals surface area contributed by atoms with Crippen LogP contribution in [0.25, 0.3) is 11.1 Å². The van der Waals surface area contributed by atoms with Gasteiger partial charge in [0, 0.05) is 20.6 Å². The monoisotopic (exact) mass is 369 g/mol. The fourth-order valence-corrected chi connectivity index (χ4v) is 3.17. The Morgan fingerprint density at radius 3 is 2.78 bits per heavy atom. The maximum Gasteiger partial charge on any atom is 0.265 e. The number of hydrogen-bond donors (Lipinski definition) is 0. The molecular formula is C19H19N3O5. The minimum absolute atomic E-state index is 0.173. The smallest absolute Gasteiger partial charge is 0.265 e. The van der Waals surface area contributed by atoms with Crippen molar-refractivity contribution in [3.05, 3.63) is 51.8 Å².